The molecule has 5 nitrogen and oxygen atoms in total. The summed E-state index contributed by atoms with van der Waals surface area (Å²) in [5, 5.41) is 20.1. The fourth-order valence-electron chi connectivity index (χ4n) is 1.86. The molecule has 0 aliphatic heterocycles. The first kappa shape index (κ1) is 14.4. The molecule has 1 rings (SSSR count). The number of aliphatic hydroxyl groups excluding tert-OH is 1. The van der Waals surface area contributed by atoms with Crippen molar-refractivity contribution in [2.45, 2.75) is 20.8 Å². The van der Waals surface area contributed by atoms with Crippen LogP contribution in [0.15, 0.2) is 24.3 Å². The van der Waals surface area contributed by atoms with Crippen LogP contribution in [-0.2, 0) is 0 Å². The van der Waals surface area contributed by atoms with Gasteiger partial charge in [-0.25, -0.2) is 0 Å². The predicted molar refractivity (Wildman–Crippen MR) is 71.9 cm³/mol. The van der Waals surface area contributed by atoms with Gasteiger partial charge in [-0.2, -0.15) is 0 Å². The van der Waals surface area contributed by atoms with Crippen molar-refractivity contribution in [3.63, 3.8) is 0 Å². The third-order valence-corrected chi connectivity index (χ3v) is 2.45. The van der Waals surface area contributed by atoms with Gasteiger partial charge in [0.05, 0.1) is 11.5 Å². The van der Waals surface area contributed by atoms with Crippen molar-refractivity contribution in [3.8, 4) is 0 Å². The first-order valence-corrected chi connectivity index (χ1v) is 5.94. The van der Waals surface area contributed by atoms with Gasteiger partial charge in [-0.3, -0.25) is 10.1 Å². The molecule has 0 atom stereocenters. The molecule has 0 aliphatic carbocycles. The molecule has 0 spiro atoms. The van der Waals surface area contributed by atoms with Crippen LogP contribution in [0.25, 0.3) is 0 Å². The molecule has 0 amide bonds. The number of hydrogen-bond acceptors (Lipinski definition) is 4. The number of anilines is 1. The summed E-state index contributed by atoms with van der Waals surface area (Å²) in [5.41, 5.74) is 0.639. The summed E-state index contributed by atoms with van der Waals surface area (Å²) >= 11 is 0. The molecule has 0 bridgehead atoms. The number of hydrogen-bond donors (Lipinski definition) is 1. The van der Waals surface area contributed by atoms with Gasteiger partial charge in [0, 0.05) is 19.2 Å². The quantitative estimate of drug-likeness (QED) is 0.645. The average molecular weight is 252 g/mol. The highest BCUT2D eigenvalue weighted by molar-refractivity contribution is 5.63. The lowest BCUT2D eigenvalue weighted by atomic mass is 9.95. The summed E-state index contributed by atoms with van der Waals surface area (Å²) in [5.74, 6) is 0. The minimum Gasteiger partial charge on any atom is -0.395 e. The number of nitro groups is 1. The first-order chi connectivity index (χ1) is 8.35. The SMILES string of the molecule is CC(C)(C)CN(CCO)c1ccccc1[N+](=O)[O-]. The standard InChI is InChI=1S/C13H20N2O3/c1-13(2,3)10-14(8-9-16)11-6-4-5-7-12(11)15(17)18/h4-7,16H,8-10H2,1-3H3. The van der Waals surface area contributed by atoms with E-state index in [-0.39, 0.29) is 22.6 Å². The van der Waals surface area contributed by atoms with Crippen LogP contribution in [0.1, 0.15) is 20.8 Å². The number of nitro benzene ring substituents is 1. The number of benzene rings is 1. The van der Waals surface area contributed by atoms with Crippen LogP contribution in [-0.4, -0.2) is 29.7 Å². The maximum Gasteiger partial charge on any atom is 0.292 e. The zero-order chi connectivity index (χ0) is 13.8. The van der Waals surface area contributed by atoms with Gasteiger partial charge in [-0.05, 0) is 11.5 Å². The third kappa shape index (κ3) is 4.00. The monoisotopic (exact) mass is 252 g/mol. The van der Waals surface area contributed by atoms with E-state index < -0.39 is 0 Å². The molecule has 1 N–H and O–H groups in total. The van der Waals surface area contributed by atoms with Gasteiger partial charge >= 0.3 is 0 Å². The van der Waals surface area contributed by atoms with Crippen molar-refractivity contribution in [2.24, 2.45) is 5.41 Å². The smallest absolute Gasteiger partial charge is 0.292 e. The highest BCUT2D eigenvalue weighted by Crippen LogP contribution is 2.29. The number of para-hydroxylation sites is 2. The highest BCUT2D eigenvalue weighted by Gasteiger charge is 2.22. The Bertz CT molecular complexity index is 413. The Balaban J connectivity index is 3.09. The van der Waals surface area contributed by atoms with E-state index in [0.717, 1.165) is 0 Å². The second-order valence-electron chi connectivity index (χ2n) is 5.45. The van der Waals surface area contributed by atoms with Crippen LogP contribution < -0.4 is 4.90 Å². The largest absolute Gasteiger partial charge is 0.395 e. The normalized spacial score (nSPS) is 11.3. The Morgan fingerprint density at radius 1 is 1.33 bits per heavy atom. The van der Waals surface area contributed by atoms with Gasteiger partial charge in [0.25, 0.3) is 5.69 Å². The molecule has 0 saturated carbocycles. The van der Waals surface area contributed by atoms with Crippen LogP contribution in [0, 0.1) is 15.5 Å². The summed E-state index contributed by atoms with van der Waals surface area (Å²) in [7, 11) is 0. The molecule has 0 aromatic heterocycles. The molecule has 0 heterocycles. The van der Waals surface area contributed by atoms with Crippen molar-refractivity contribution >= 4 is 11.4 Å². The van der Waals surface area contributed by atoms with E-state index >= 15 is 0 Å². The topological polar surface area (TPSA) is 66.6 Å². The second-order valence-corrected chi connectivity index (χ2v) is 5.45. The molecule has 0 aliphatic rings. The lowest BCUT2D eigenvalue weighted by Crippen LogP contribution is -2.35. The maximum absolute atomic E-state index is 11.0. The summed E-state index contributed by atoms with van der Waals surface area (Å²) < 4.78 is 0. The van der Waals surface area contributed by atoms with Crippen molar-refractivity contribution in [2.75, 3.05) is 24.6 Å². The molecule has 0 radical (unpaired) electrons. The number of aliphatic hydroxyl groups is 1. The minimum absolute atomic E-state index is 0.00111. The Labute approximate surface area is 107 Å². The van der Waals surface area contributed by atoms with E-state index in [1.165, 1.54) is 6.07 Å². The van der Waals surface area contributed by atoms with E-state index in [9.17, 15) is 10.1 Å². The van der Waals surface area contributed by atoms with Gasteiger partial charge in [-0.1, -0.05) is 32.9 Å². The Morgan fingerprint density at radius 2 is 1.94 bits per heavy atom. The molecule has 1 aromatic rings. The zero-order valence-electron chi connectivity index (χ0n) is 11.1. The minimum atomic E-state index is -0.387. The van der Waals surface area contributed by atoms with Crippen molar-refractivity contribution in [1.29, 1.82) is 0 Å². The molecule has 1 aromatic carbocycles. The van der Waals surface area contributed by atoms with E-state index in [0.29, 0.717) is 18.8 Å². The number of rotatable bonds is 5. The van der Waals surface area contributed by atoms with Crippen LogP contribution in [0.4, 0.5) is 11.4 Å². The Hall–Kier alpha value is -1.62. The molecule has 0 fully saturated rings. The second kappa shape index (κ2) is 5.82. The fourth-order valence-corrected chi connectivity index (χ4v) is 1.86. The predicted octanol–water partition coefficient (Wildman–Crippen LogP) is 2.44. The number of nitrogens with zero attached hydrogens (tertiary/aromatic N) is 2. The van der Waals surface area contributed by atoms with Crippen molar-refractivity contribution in [1.82, 2.24) is 0 Å². The van der Waals surface area contributed by atoms with Gasteiger partial charge in [0.15, 0.2) is 0 Å². The van der Waals surface area contributed by atoms with E-state index in [4.69, 9.17) is 5.11 Å². The van der Waals surface area contributed by atoms with E-state index in [1.54, 1.807) is 18.2 Å². The molecule has 5 heteroatoms. The third-order valence-electron chi connectivity index (χ3n) is 2.45. The van der Waals surface area contributed by atoms with E-state index in [1.807, 2.05) is 4.90 Å². The first-order valence-electron chi connectivity index (χ1n) is 5.94. The molecule has 18 heavy (non-hydrogen) atoms. The molecule has 0 saturated heterocycles. The Kier molecular flexibility index (Phi) is 4.67. The maximum atomic E-state index is 11.0. The van der Waals surface area contributed by atoms with Gasteiger partial charge < -0.3 is 10.0 Å². The van der Waals surface area contributed by atoms with Crippen LogP contribution >= 0.6 is 0 Å². The van der Waals surface area contributed by atoms with Gasteiger partial charge in [0.2, 0.25) is 0 Å². The zero-order valence-corrected chi connectivity index (χ0v) is 11.1. The fraction of sp³-hybridized carbons (Fsp3) is 0.538. The summed E-state index contributed by atoms with van der Waals surface area (Å²) in [4.78, 5) is 12.5. The molecule has 0 unspecified atom stereocenters. The lowest BCUT2D eigenvalue weighted by Gasteiger charge is -2.30. The van der Waals surface area contributed by atoms with Gasteiger partial charge in [0.1, 0.15) is 5.69 Å². The van der Waals surface area contributed by atoms with Crippen LogP contribution in [0.5, 0.6) is 0 Å². The molecular formula is C13H20N2O3. The van der Waals surface area contributed by atoms with Crippen molar-refractivity contribution < 1.29 is 10.0 Å². The summed E-state index contributed by atoms with van der Waals surface area (Å²) in [6, 6.07) is 6.63. The van der Waals surface area contributed by atoms with E-state index in [2.05, 4.69) is 20.8 Å². The Morgan fingerprint density at radius 3 is 2.44 bits per heavy atom. The summed E-state index contributed by atoms with van der Waals surface area (Å²) in [6.07, 6.45) is 0. The van der Waals surface area contributed by atoms with Crippen LogP contribution in [0.2, 0.25) is 0 Å². The summed E-state index contributed by atoms with van der Waals surface area (Å²) in [6.45, 7) is 7.20. The average Bonchev–Trinajstić information content (AvgIpc) is 2.26. The molecule has 100 valence electrons. The lowest BCUT2D eigenvalue weighted by molar-refractivity contribution is -0.384. The van der Waals surface area contributed by atoms with Crippen molar-refractivity contribution in [3.05, 3.63) is 34.4 Å². The molecular weight excluding hydrogens is 232 g/mol. The van der Waals surface area contributed by atoms with Gasteiger partial charge in [-0.15, -0.1) is 0 Å². The highest BCUT2D eigenvalue weighted by atomic mass is 16.6. The van der Waals surface area contributed by atoms with Crippen LogP contribution in [0.3, 0.4) is 0 Å².